The number of hydrogen-bond donors (Lipinski definition) is 2. The van der Waals surface area contributed by atoms with Gasteiger partial charge in [0.2, 0.25) is 0 Å². The van der Waals surface area contributed by atoms with Crippen molar-refractivity contribution in [3.05, 3.63) is 0 Å². The smallest absolute Gasteiger partial charge is 0.330 e. The lowest BCUT2D eigenvalue weighted by Gasteiger charge is -2.14. The topological polar surface area (TPSA) is 59.1 Å². The van der Waals surface area contributed by atoms with Crippen LogP contribution in [0.3, 0.4) is 0 Å². The van der Waals surface area contributed by atoms with Crippen LogP contribution in [0.25, 0.3) is 0 Å². The van der Waals surface area contributed by atoms with Crippen molar-refractivity contribution in [3.8, 4) is 0 Å². The van der Waals surface area contributed by atoms with E-state index in [9.17, 15) is 17.6 Å². The van der Waals surface area contributed by atoms with Crippen LogP contribution in [-0.2, 0) is 4.74 Å². The van der Waals surface area contributed by atoms with Crippen molar-refractivity contribution in [3.63, 3.8) is 0 Å². The van der Waals surface area contributed by atoms with E-state index in [4.69, 9.17) is 11.1 Å². The molecule has 0 spiro atoms. The summed E-state index contributed by atoms with van der Waals surface area (Å²) >= 11 is 0. The van der Waals surface area contributed by atoms with Gasteiger partial charge in [-0.15, -0.1) is 0 Å². The molecule has 0 atom stereocenters. The Labute approximate surface area is 66.0 Å². The minimum Gasteiger partial charge on any atom is -0.386 e. The maximum Gasteiger partial charge on any atom is 0.330 e. The predicted octanol–water partition coefficient (Wildman–Crippen LogP) is 0.839. The molecule has 0 aliphatic rings. The molecule has 0 aliphatic heterocycles. The Morgan fingerprint density at radius 3 is 2.33 bits per heavy atom. The van der Waals surface area contributed by atoms with E-state index >= 15 is 0 Å². The lowest BCUT2D eigenvalue weighted by atomic mass is 10.4. The number of nitrogens with two attached hydrogens (primary N) is 1. The van der Waals surface area contributed by atoms with Crippen LogP contribution >= 0.6 is 0 Å². The van der Waals surface area contributed by atoms with E-state index in [1.165, 1.54) is 0 Å². The van der Waals surface area contributed by atoms with Crippen molar-refractivity contribution >= 4 is 5.84 Å². The van der Waals surface area contributed by atoms with E-state index in [-0.39, 0.29) is 0 Å². The number of amidine groups is 1. The molecular weight excluding hydrogens is 180 g/mol. The monoisotopic (exact) mass is 188 g/mol. The van der Waals surface area contributed by atoms with E-state index < -0.39 is 31.4 Å². The Morgan fingerprint density at radius 1 is 1.50 bits per heavy atom. The van der Waals surface area contributed by atoms with Crippen LogP contribution < -0.4 is 5.73 Å². The van der Waals surface area contributed by atoms with Gasteiger partial charge in [-0.3, -0.25) is 5.41 Å². The standard InChI is InChI=1S/C5H8F4N2O/c6-4(7)5(8,9)2-12-1-3(10)11/h4H,1-2H2,(H3,10,11). The molecule has 72 valence electrons. The van der Waals surface area contributed by atoms with Gasteiger partial charge < -0.3 is 10.5 Å². The molecule has 0 fully saturated rings. The molecule has 0 amide bonds. The van der Waals surface area contributed by atoms with Crippen molar-refractivity contribution in [1.29, 1.82) is 5.41 Å². The normalized spacial score (nSPS) is 12.1. The third-order valence-electron chi connectivity index (χ3n) is 0.871. The summed E-state index contributed by atoms with van der Waals surface area (Å²) < 4.78 is 50.9. The van der Waals surface area contributed by atoms with Crippen LogP contribution in [-0.4, -0.2) is 31.4 Å². The highest BCUT2D eigenvalue weighted by Gasteiger charge is 2.40. The molecule has 3 nitrogen and oxygen atoms in total. The van der Waals surface area contributed by atoms with Crippen LogP contribution in [0.5, 0.6) is 0 Å². The quantitative estimate of drug-likeness (QED) is 0.381. The summed E-state index contributed by atoms with van der Waals surface area (Å²) in [4.78, 5) is 0. The fraction of sp³-hybridized carbons (Fsp3) is 0.800. The zero-order valence-corrected chi connectivity index (χ0v) is 5.99. The summed E-state index contributed by atoms with van der Waals surface area (Å²) in [6.45, 7) is -1.99. The Hall–Kier alpha value is -0.850. The van der Waals surface area contributed by atoms with E-state index in [2.05, 4.69) is 4.74 Å². The van der Waals surface area contributed by atoms with Gasteiger partial charge in [-0.2, -0.15) is 8.78 Å². The maximum atomic E-state index is 12.0. The summed E-state index contributed by atoms with van der Waals surface area (Å²) in [6, 6.07) is 0. The molecule has 12 heavy (non-hydrogen) atoms. The Bertz CT molecular complexity index is 162. The van der Waals surface area contributed by atoms with Gasteiger partial charge in [-0.05, 0) is 0 Å². The van der Waals surface area contributed by atoms with Gasteiger partial charge >= 0.3 is 12.3 Å². The van der Waals surface area contributed by atoms with Gasteiger partial charge in [-0.1, -0.05) is 0 Å². The van der Waals surface area contributed by atoms with Gasteiger partial charge in [0.15, 0.2) is 0 Å². The van der Waals surface area contributed by atoms with Crippen LogP contribution in [0.15, 0.2) is 0 Å². The largest absolute Gasteiger partial charge is 0.386 e. The number of rotatable bonds is 5. The number of halogens is 4. The molecule has 7 heteroatoms. The average Bonchev–Trinajstić information content (AvgIpc) is 1.85. The van der Waals surface area contributed by atoms with Crippen molar-refractivity contribution in [2.24, 2.45) is 5.73 Å². The van der Waals surface area contributed by atoms with Gasteiger partial charge in [0.1, 0.15) is 19.0 Å². The van der Waals surface area contributed by atoms with E-state index in [1.807, 2.05) is 0 Å². The first-order valence-electron chi connectivity index (χ1n) is 2.93. The van der Waals surface area contributed by atoms with Crippen LogP contribution in [0.4, 0.5) is 17.6 Å². The second-order valence-electron chi connectivity index (χ2n) is 2.08. The molecule has 0 aromatic carbocycles. The zero-order valence-electron chi connectivity index (χ0n) is 5.99. The number of ether oxygens (including phenoxy) is 1. The third-order valence-corrected chi connectivity index (χ3v) is 0.871. The van der Waals surface area contributed by atoms with Crippen molar-refractivity contribution in [1.82, 2.24) is 0 Å². The second-order valence-corrected chi connectivity index (χ2v) is 2.08. The number of alkyl halides is 4. The first kappa shape index (κ1) is 11.2. The Balaban J connectivity index is 3.69. The summed E-state index contributed by atoms with van der Waals surface area (Å²) in [6.07, 6.45) is -3.76. The first-order valence-corrected chi connectivity index (χ1v) is 2.93. The third kappa shape index (κ3) is 4.12. The SMILES string of the molecule is N=C(N)COCC(F)(F)C(F)F. The summed E-state index contributed by atoms with van der Waals surface area (Å²) in [7, 11) is 0. The number of hydrogen-bond acceptors (Lipinski definition) is 2. The maximum absolute atomic E-state index is 12.0. The van der Waals surface area contributed by atoms with Crippen LogP contribution in [0, 0.1) is 5.41 Å². The minimum absolute atomic E-state index is 0.486. The Kier molecular flexibility index (Phi) is 3.94. The number of nitrogens with one attached hydrogen (secondary N) is 1. The molecule has 0 aliphatic carbocycles. The van der Waals surface area contributed by atoms with Gasteiger partial charge in [0, 0.05) is 0 Å². The highest BCUT2D eigenvalue weighted by Crippen LogP contribution is 2.22. The van der Waals surface area contributed by atoms with Crippen molar-refractivity contribution < 1.29 is 22.3 Å². The lowest BCUT2D eigenvalue weighted by molar-refractivity contribution is -0.162. The van der Waals surface area contributed by atoms with Crippen LogP contribution in [0.2, 0.25) is 0 Å². The van der Waals surface area contributed by atoms with Crippen LogP contribution in [0.1, 0.15) is 0 Å². The molecule has 0 heterocycles. The molecule has 0 saturated heterocycles. The molecular formula is C5H8F4N2O. The first-order chi connectivity index (χ1) is 5.36. The van der Waals surface area contributed by atoms with E-state index in [0.29, 0.717) is 0 Å². The van der Waals surface area contributed by atoms with Crippen molar-refractivity contribution in [2.45, 2.75) is 12.3 Å². The molecule has 0 aromatic heterocycles. The fourth-order valence-corrected chi connectivity index (χ4v) is 0.360. The lowest BCUT2D eigenvalue weighted by Crippen LogP contribution is -2.33. The molecule has 0 radical (unpaired) electrons. The van der Waals surface area contributed by atoms with Gasteiger partial charge in [0.05, 0.1) is 0 Å². The van der Waals surface area contributed by atoms with Gasteiger partial charge in [-0.25, -0.2) is 8.78 Å². The minimum atomic E-state index is -4.17. The molecule has 0 aromatic rings. The molecule has 0 rings (SSSR count). The summed E-state index contributed by atoms with van der Waals surface area (Å²) in [5.41, 5.74) is 4.72. The molecule has 0 saturated carbocycles. The van der Waals surface area contributed by atoms with Crippen molar-refractivity contribution in [2.75, 3.05) is 13.2 Å². The molecule has 0 bridgehead atoms. The predicted molar refractivity (Wildman–Crippen MR) is 33.7 cm³/mol. The summed E-state index contributed by atoms with van der Waals surface area (Å²) in [5, 5.41) is 6.53. The van der Waals surface area contributed by atoms with Gasteiger partial charge in [0.25, 0.3) is 0 Å². The molecule has 3 N–H and O–H groups in total. The highest BCUT2D eigenvalue weighted by molar-refractivity contribution is 5.78. The Morgan fingerprint density at radius 2 is 2.00 bits per heavy atom. The summed E-state index contributed by atoms with van der Waals surface area (Å²) in [5.74, 6) is -4.66. The highest BCUT2D eigenvalue weighted by atomic mass is 19.3. The second kappa shape index (κ2) is 4.24. The fourth-order valence-electron chi connectivity index (χ4n) is 0.360. The molecule has 0 unspecified atom stereocenters. The average molecular weight is 188 g/mol. The zero-order chi connectivity index (χ0) is 9.78. The van der Waals surface area contributed by atoms with E-state index in [1.54, 1.807) is 0 Å². The van der Waals surface area contributed by atoms with E-state index in [0.717, 1.165) is 0 Å².